The first-order chi connectivity index (χ1) is 12.6. The van der Waals surface area contributed by atoms with Crippen molar-refractivity contribution >= 4 is 22.7 Å². The van der Waals surface area contributed by atoms with Gasteiger partial charge in [0.25, 0.3) is 0 Å². The smallest absolute Gasteiger partial charge is 0.194 e. The molecule has 3 rings (SSSR count). The largest absolute Gasteiger partial charge is 0.364 e. The predicted molar refractivity (Wildman–Crippen MR) is 104 cm³/mol. The normalized spacial score (nSPS) is 11.6. The Morgan fingerprint density at radius 1 is 1.19 bits per heavy atom. The quantitative estimate of drug-likeness (QED) is 0.562. The highest BCUT2D eigenvalue weighted by Gasteiger charge is 2.11. The van der Waals surface area contributed by atoms with Crippen molar-refractivity contribution in [3.63, 3.8) is 0 Å². The van der Waals surface area contributed by atoms with Crippen LogP contribution in [0.4, 0.5) is 5.82 Å². The number of nitrogens with zero attached hydrogens (tertiary/aromatic N) is 5. The number of para-hydroxylation sites is 1. The molecule has 7 heteroatoms. The van der Waals surface area contributed by atoms with Gasteiger partial charge in [-0.2, -0.15) is 0 Å². The van der Waals surface area contributed by atoms with E-state index < -0.39 is 0 Å². The highest BCUT2D eigenvalue weighted by atomic mass is 16.5. The number of nitrogens with one attached hydrogen (secondary N) is 1. The van der Waals surface area contributed by atoms with Crippen LogP contribution in [0.2, 0.25) is 0 Å². The Kier molecular flexibility index (Phi) is 5.36. The van der Waals surface area contributed by atoms with Gasteiger partial charge in [-0.1, -0.05) is 23.4 Å². The molecule has 1 aromatic carbocycles. The second-order valence-electron chi connectivity index (χ2n) is 6.30. The molecule has 0 unspecified atom stereocenters. The van der Waals surface area contributed by atoms with Gasteiger partial charge in [0.15, 0.2) is 5.96 Å². The van der Waals surface area contributed by atoms with Gasteiger partial charge < -0.3 is 19.6 Å². The molecule has 0 saturated heterocycles. The molecule has 3 aromatic rings. The van der Waals surface area contributed by atoms with Crippen LogP contribution in [-0.2, 0) is 13.1 Å². The molecule has 0 amide bonds. The van der Waals surface area contributed by atoms with E-state index in [1.807, 2.05) is 55.2 Å². The van der Waals surface area contributed by atoms with Crippen LogP contribution in [0.3, 0.4) is 0 Å². The van der Waals surface area contributed by atoms with E-state index in [1.165, 1.54) is 5.56 Å². The van der Waals surface area contributed by atoms with E-state index in [-0.39, 0.29) is 0 Å². The van der Waals surface area contributed by atoms with Gasteiger partial charge in [-0.25, -0.2) is 4.98 Å². The number of hydrogen-bond acceptors (Lipinski definition) is 5. The summed E-state index contributed by atoms with van der Waals surface area (Å²) in [5, 5.41) is 8.52. The van der Waals surface area contributed by atoms with Crippen LogP contribution < -0.4 is 10.2 Å². The summed E-state index contributed by atoms with van der Waals surface area (Å²) in [7, 11) is 7.75. The second kappa shape index (κ2) is 7.86. The molecular formula is C19H24N6O. The zero-order valence-corrected chi connectivity index (χ0v) is 15.6. The third-order valence-electron chi connectivity index (χ3n) is 4.15. The number of hydrogen-bond donors (Lipinski definition) is 1. The minimum absolute atomic E-state index is 0.621. The predicted octanol–water partition coefficient (Wildman–Crippen LogP) is 2.50. The van der Waals surface area contributed by atoms with Crippen molar-refractivity contribution in [2.45, 2.75) is 13.1 Å². The van der Waals surface area contributed by atoms with Gasteiger partial charge in [-0.05, 0) is 17.7 Å². The standard InChI is InChI=1S/C19H24N6O/c1-20-19(25(4)13-15-9-10-26-23-15)21-12-14-11-18(24(2)3)22-17-8-6-5-7-16(14)17/h5-11H,12-13H2,1-4H3,(H,20,21). The van der Waals surface area contributed by atoms with Gasteiger partial charge in [-0.15, -0.1) is 0 Å². The molecule has 0 aliphatic carbocycles. The molecule has 0 saturated carbocycles. The van der Waals surface area contributed by atoms with E-state index in [1.54, 1.807) is 13.3 Å². The summed E-state index contributed by atoms with van der Waals surface area (Å²) in [6.07, 6.45) is 1.57. The number of anilines is 1. The van der Waals surface area contributed by atoms with E-state index in [9.17, 15) is 0 Å². The Hall–Kier alpha value is -3.09. The van der Waals surface area contributed by atoms with E-state index in [2.05, 4.69) is 27.6 Å². The van der Waals surface area contributed by atoms with E-state index in [0.717, 1.165) is 28.4 Å². The molecule has 0 bridgehead atoms. The summed E-state index contributed by atoms with van der Waals surface area (Å²) in [6, 6.07) is 12.1. The van der Waals surface area contributed by atoms with Crippen molar-refractivity contribution in [2.75, 3.05) is 33.1 Å². The lowest BCUT2D eigenvalue weighted by atomic mass is 10.1. The SMILES string of the molecule is CN=C(NCc1cc(N(C)C)nc2ccccc12)N(C)Cc1ccon1. The van der Waals surface area contributed by atoms with Crippen LogP contribution in [0, 0.1) is 0 Å². The molecular weight excluding hydrogens is 328 g/mol. The molecule has 2 aromatic heterocycles. The fraction of sp³-hybridized carbons (Fsp3) is 0.316. The maximum absolute atomic E-state index is 4.89. The Morgan fingerprint density at radius 2 is 2.00 bits per heavy atom. The van der Waals surface area contributed by atoms with Gasteiger partial charge in [0.05, 0.1) is 12.1 Å². The number of fused-ring (bicyclic) bond motifs is 1. The van der Waals surface area contributed by atoms with Crippen molar-refractivity contribution in [1.82, 2.24) is 20.4 Å². The first-order valence-electron chi connectivity index (χ1n) is 8.45. The summed E-state index contributed by atoms with van der Waals surface area (Å²) < 4.78 is 4.89. The van der Waals surface area contributed by atoms with Crippen LogP contribution in [0.15, 0.2) is 52.2 Å². The number of aliphatic imine (C=N–C) groups is 1. The average Bonchev–Trinajstić information content (AvgIpc) is 3.14. The van der Waals surface area contributed by atoms with E-state index in [4.69, 9.17) is 9.51 Å². The van der Waals surface area contributed by atoms with Crippen LogP contribution in [0.1, 0.15) is 11.3 Å². The topological polar surface area (TPSA) is 69.8 Å². The first kappa shape index (κ1) is 17.7. The van der Waals surface area contributed by atoms with Gasteiger partial charge in [-0.3, -0.25) is 4.99 Å². The number of aromatic nitrogens is 2. The van der Waals surface area contributed by atoms with Crippen molar-refractivity contribution in [3.8, 4) is 0 Å². The Morgan fingerprint density at radius 3 is 2.69 bits per heavy atom. The minimum Gasteiger partial charge on any atom is -0.364 e. The van der Waals surface area contributed by atoms with Crippen molar-refractivity contribution in [2.24, 2.45) is 4.99 Å². The monoisotopic (exact) mass is 352 g/mol. The summed E-state index contributed by atoms with van der Waals surface area (Å²) in [6.45, 7) is 1.27. The Labute approximate surface area is 153 Å². The third kappa shape index (κ3) is 3.93. The summed E-state index contributed by atoms with van der Waals surface area (Å²) >= 11 is 0. The van der Waals surface area contributed by atoms with E-state index in [0.29, 0.717) is 13.1 Å². The molecule has 0 aliphatic rings. The average molecular weight is 352 g/mol. The molecule has 7 nitrogen and oxygen atoms in total. The molecule has 0 spiro atoms. The molecule has 0 radical (unpaired) electrons. The van der Waals surface area contributed by atoms with Crippen molar-refractivity contribution < 1.29 is 4.52 Å². The van der Waals surface area contributed by atoms with Crippen LogP contribution in [0.25, 0.3) is 10.9 Å². The third-order valence-corrected chi connectivity index (χ3v) is 4.15. The Balaban J connectivity index is 1.79. The number of benzene rings is 1. The maximum atomic E-state index is 4.89. The highest BCUT2D eigenvalue weighted by Crippen LogP contribution is 2.22. The molecule has 26 heavy (non-hydrogen) atoms. The van der Waals surface area contributed by atoms with Crippen molar-refractivity contribution in [1.29, 1.82) is 0 Å². The number of rotatable bonds is 5. The molecule has 136 valence electrons. The zero-order chi connectivity index (χ0) is 18.5. The molecule has 0 aliphatic heterocycles. The minimum atomic E-state index is 0.621. The summed E-state index contributed by atoms with van der Waals surface area (Å²) in [4.78, 5) is 13.1. The lowest BCUT2D eigenvalue weighted by Gasteiger charge is -2.22. The molecule has 0 fully saturated rings. The van der Waals surface area contributed by atoms with E-state index >= 15 is 0 Å². The summed E-state index contributed by atoms with van der Waals surface area (Å²) in [5.41, 5.74) is 3.02. The van der Waals surface area contributed by atoms with Crippen LogP contribution in [0.5, 0.6) is 0 Å². The van der Waals surface area contributed by atoms with Gasteiger partial charge in [0.1, 0.15) is 17.8 Å². The number of guanidine groups is 1. The molecule has 1 N–H and O–H groups in total. The zero-order valence-electron chi connectivity index (χ0n) is 15.6. The summed E-state index contributed by atoms with van der Waals surface area (Å²) in [5.74, 6) is 1.73. The molecule has 2 heterocycles. The van der Waals surface area contributed by atoms with Gasteiger partial charge in [0, 0.05) is 46.2 Å². The van der Waals surface area contributed by atoms with Crippen LogP contribution in [-0.4, -0.2) is 49.2 Å². The fourth-order valence-corrected chi connectivity index (χ4v) is 2.80. The lowest BCUT2D eigenvalue weighted by Crippen LogP contribution is -2.38. The maximum Gasteiger partial charge on any atom is 0.194 e. The number of pyridine rings is 1. The first-order valence-corrected chi connectivity index (χ1v) is 8.45. The second-order valence-corrected chi connectivity index (χ2v) is 6.30. The van der Waals surface area contributed by atoms with Crippen molar-refractivity contribution in [3.05, 3.63) is 53.9 Å². The lowest BCUT2D eigenvalue weighted by molar-refractivity contribution is 0.391. The van der Waals surface area contributed by atoms with Crippen LogP contribution >= 0.6 is 0 Å². The van der Waals surface area contributed by atoms with Gasteiger partial charge in [0.2, 0.25) is 0 Å². The molecule has 0 atom stereocenters. The van der Waals surface area contributed by atoms with Gasteiger partial charge >= 0.3 is 0 Å². The Bertz CT molecular complexity index is 888. The highest BCUT2D eigenvalue weighted by molar-refractivity contribution is 5.85. The fourth-order valence-electron chi connectivity index (χ4n) is 2.80.